The van der Waals surface area contributed by atoms with Gasteiger partial charge in [0, 0.05) is 36.3 Å². The van der Waals surface area contributed by atoms with E-state index >= 15 is 0 Å². The Labute approximate surface area is 206 Å². The van der Waals surface area contributed by atoms with E-state index in [2.05, 4.69) is 62.4 Å². The van der Waals surface area contributed by atoms with Crippen LogP contribution in [0.5, 0.6) is 0 Å². The van der Waals surface area contributed by atoms with Gasteiger partial charge in [0.25, 0.3) is 0 Å². The second kappa shape index (κ2) is 9.03. The molecule has 1 saturated heterocycles. The number of rotatable bonds is 5. The molecule has 35 heavy (non-hydrogen) atoms. The molecular weight excluding hydrogens is 434 g/mol. The summed E-state index contributed by atoms with van der Waals surface area (Å²) in [6, 6.07) is 26.1. The predicted octanol–water partition coefficient (Wildman–Crippen LogP) is 5.02. The molecule has 1 unspecified atom stereocenters. The molecule has 0 aromatic heterocycles. The van der Waals surface area contributed by atoms with Gasteiger partial charge in [-0.05, 0) is 53.8 Å². The van der Waals surface area contributed by atoms with Gasteiger partial charge in [0.05, 0.1) is 17.6 Å². The number of carbonyl (C=O) groups is 2. The molecule has 2 aliphatic heterocycles. The number of amides is 2. The second-order valence-electron chi connectivity index (χ2n) is 10.2. The average molecular weight is 464 g/mol. The minimum absolute atomic E-state index is 0.00106. The van der Waals surface area contributed by atoms with Gasteiger partial charge in [-0.2, -0.15) is 5.26 Å². The van der Waals surface area contributed by atoms with Gasteiger partial charge in [-0.15, -0.1) is 0 Å². The fraction of sp³-hybridized carbons (Fsp3) is 0.300. The van der Waals surface area contributed by atoms with Crippen LogP contribution in [0.3, 0.4) is 0 Å². The van der Waals surface area contributed by atoms with Gasteiger partial charge in [0.15, 0.2) is 0 Å². The molecule has 1 atom stereocenters. The molecule has 1 fully saturated rings. The van der Waals surface area contributed by atoms with E-state index in [0.29, 0.717) is 24.3 Å². The third kappa shape index (κ3) is 4.44. The first-order valence-corrected chi connectivity index (χ1v) is 12.1. The molecular formula is C30H29N3O2. The van der Waals surface area contributed by atoms with Crippen molar-refractivity contribution in [1.82, 2.24) is 0 Å². The zero-order valence-electron chi connectivity index (χ0n) is 20.2. The van der Waals surface area contributed by atoms with Crippen LogP contribution in [-0.2, 0) is 27.8 Å². The summed E-state index contributed by atoms with van der Waals surface area (Å²) in [6.45, 7) is 5.31. The van der Waals surface area contributed by atoms with Crippen LogP contribution >= 0.6 is 0 Å². The monoisotopic (exact) mass is 463 g/mol. The highest BCUT2D eigenvalue weighted by Crippen LogP contribution is 2.42. The van der Waals surface area contributed by atoms with Crippen LogP contribution in [-0.4, -0.2) is 24.9 Å². The molecule has 176 valence electrons. The predicted molar refractivity (Wildman–Crippen MR) is 137 cm³/mol. The molecule has 0 bridgehead atoms. The number of nitriles is 1. The van der Waals surface area contributed by atoms with E-state index in [1.807, 2.05) is 17.0 Å². The molecule has 0 spiro atoms. The molecule has 0 N–H and O–H groups in total. The minimum Gasteiger partial charge on any atom is -0.312 e. The topological polar surface area (TPSA) is 64.4 Å². The lowest BCUT2D eigenvalue weighted by molar-refractivity contribution is -0.124. The quantitative estimate of drug-likeness (QED) is 0.534. The first-order valence-electron chi connectivity index (χ1n) is 12.1. The summed E-state index contributed by atoms with van der Waals surface area (Å²) in [5.41, 5.74) is 5.77. The van der Waals surface area contributed by atoms with Gasteiger partial charge in [-0.3, -0.25) is 9.59 Å². The maximum atomic E-state index is 13.6. The van der Waals surface area contributed by atoms with E-state index in [9.17, 15) is 14.9 Å². The van der Waals surface area contributed by atoms with Gasteiger partial charge >= 0.3 is 0 Å². The van der Waals surface area contributed by atoms with E-state index in [-0.39, 0.29) is 23.7 Å². The van der Waals surface area contributed by atoms with Gasteiger partial charge in [-0.25, -0.2) is 0 Å². The van der Waals surface area contributed by atoms with Crippen molar-refractivity contribution in [3.63, 3.8) is 0 Å². The minimum atomic E-state index is -0.396. The molecule has 3 aromatic carbocycles. The number of benzene rings is 3. The Morgan fingerprint density at radius 2 is 1.77 bits per heavy atom. The SMILES string of the molecule is CC1(C)CN(C(=O)C2CC(=O)N(c3cccc(C#N)c3)C2)c2ccc(CCc3ccccc3)cc21. The highest BCUT2D eigenvalue weighted by molar-refractivity contribution is 6.05. The summed E-state index contributed by atoms with van der Waals surface area (Å²) in [5, 5.41) is 9.19. The molecule has 2 heterocycles. The third-order valence-corrected chi connectivity index (χ3v) is 7.21. The lowest BCUT2D eigenvalue weighted by atomic mass is 9.85. The smallest absolute Gasteiger partial charge is 0.232 e. The first kappa shape index (κ1) is 22.9. The summed E-state index contributed by atoms with van der Waals surface area (Å²) in [7, 11) is 0. The average Bonchev–Trinajstić information content (AvgIpc) is 3.39. The summed E-state index contributed by atoms with van der Waals surface area (Å²) < 4.78 is 0. The Balaban J connectivity index is 1.33. The molecule has 3 aromatic rings. The summed E-state index contributed by atoms with van der Waals surface area (Å²) in [5.74, 6) is -0.470. The van der Waals surface area contributed by atoms with Crippen LogP contribution in [0.15, 0.2) is 72.8 Å². The summed E-state index contributed by atoms with van der Waals surface area (Å²) >= 11 is 0. The first-order chi connectivity index (χ1) is 16.9. The largest absolute Gasteiger partial charge is 0.312 e. The number of aryl methyl sites for hydroxylation is 2. The van der Waals surface area contributed by atoms with Crippen LogP contribution in [0.4, 0.5) is 11.4 Å². The van der Waals surface area contributed by atoms with Crippen molar-refractivity contribution in [2.45, 2.75) is 38.5 Å². The molecule has 0 aliphatic carbocycles. The summed E-state index contributed by atoms with van der Waals surface area (Å²) in [4.78, 5) is 29.9. The highest BCUT2D eigenvalue weighted by Gasteiger charge is 2.43. The van der Waals surface area contributed by atoms with E-state index in [0.717, 1.165) is 18.5 Å². The number of nitrogens with zero attached hydrogens (tertiary/aromatic N) is 3. The standard InChI is InChI=1S/C30H29N3O2/c1-30(2)20-33(27-14-13-22(16-26(27)30)12-11-21-7-4-3-5-8-21)29(35)24-17-28(34)32(19-24)25-10-6-9-23(15-25)18-31/h3-10,13-16,24H,11-12,17,19-20H2,1-2H3. The van der Waals surface area contributed by atoms with Crippen LogP contribution in [0.25, 0.3) is 0 Å². The van der Waals surface area contributed by atoms with Gasteiger partial charge < -0.3 is 9.80 Å². The van der Waals surface area contributed by atoms with Crippen LogP contribution in [0.2, 0.25) is 0 Å². The normalized spacial score (nSPS) is 18.4. The van der Waals surface area contributed by atoms with Crippen molar-refractivity contribution in [2.75, 3.05) is 22.9 Å². The van der Waals surface area contributed by atoms with Crippen molar-refractivity contribution < 1.29 is 9.59 Å². The van der Waals surface area contributed by atoms with Crippen molar-refractivity contribution in [2.24, 2.45) is 5.92 Å². The van der Waals surface area contributed by atoms with E-state index < -0.39 is 5.92 Å². The molecule has 2 amide bonds. The van der Waals surface area contributed by atoms with Crippen LogP contribution in [0, 0.1) is 17.2 Å². The highest BCUT2D eigenvalue weighted by atomic mass is 16.2. The zero-order chi connectivity index (χ0) is 24.6. The Hall–Kier alpha value is -3.91. The van der Waals surface area contributed by atoms with Crippen LogP contribution < -0.4 is 9.80 Å². The summed E-state index contributed by atoms with van der Waals surface area (Å²) in [6.07, 6.45) is 2.13. The molecule has 5 nitrogen and oxygen atoms in total. The Bertz CT molecular complexity index is 1320. The molecule has 0 saturated carbocycles. The number of hydrogen-bond donors (Lipinski definition) is 0. The number of hydrogen-bond acceptors (Lipinski definition) is 3. The van der Waals surface area contributed by atoms with Crippen molar-refractivity contribution in [3.8, 4) is 6.07 Å². The van der Waals surface area contributed by atoms with E-state index in [1.165, 1.54) is 16.7 Å². The lowest BCUT2D eigenvalue weighted by Crippen LogP contribution is -2.39. The van der Waals surface area contributed by atoms with Gasteiger partial charge in [0.1, 0.15) is 0 Å². The molecule has 5 heteroatoms. The number of fused-ring (bicyclic) bond motifs is 1. The zero-order valence-corrected chi connectivity index (χ0v) is 20.2. The van der Waals surface area contributed by atoms with E-state index in [4.69, 9.17) is 0 Å². The van der Waals surface area contributed by atoms with Crippen molar-refractivity contribution >= 4 is 23.2 Å². The third-order valence-electron chi connectivity index (χ3n) is 7.21. The Morgan fingerprint density at radius 3 is 2.54 bits per heavy atom. The molecule has 0 radical (unpaired) electrons. The lowest BCUT2D eigenvalue weighted by Gasteiger charge is -2.23. The second-order valence-corrected chi connectivity index (χ2v) is 10.2. The molecule has 5 rings (SSSR count). The van der Waals surface area contributed by atoms with E-state index in [1.54, 1.807) is 23.1 Å². The van der Waals surface area contributed by atoms with Crippen molar-refractivity contribution in [3.05, 3.63) is 95.1 Å². The Kier molecular flexibility index (Phi) is 5.90. The maximum Gasteiger partial charge on any atom is 0.232 e. The number of anilines is 2. The van der Waals surface area contributed by atoms with Crippen molar-refractivity contribution in [1.29, 1.82) is 5.26 Å². The fourth-order valence-electron chi connectivity index (χ4n) is 5.30. The van der Waals surface area contributed by atoms with Gasteiger partial charge in [-0.1, -0.05) is 62.4 Å². The maximum absolute atomic E-state index is 13.6. The van der Waals surface area contributed by atoms with Gasteiger partial charge in [0.2, 0.25) is 11.8 Å². The van der Waals surface area contributed by atoms with Crippen LogP contribution in [0.1, 0.15) is 42.5 Å². The molecule has 2 aliphatic rings. The fourth-order valence-corrected chi connectivity index (χ4v) is 5.30. The Morgan fingerprint density at radius 1 is 1.00 bits per heavy atom. The number of carbonyl (C=O) groups excluding carboxylic acids is 2.